The molecule has 88 valence electrons. The van der Waals surface area contributed by atoms with Crippen LogP contribution in [0.2, 0.25) is 0 Å². The number of pyridine rings is 1. The topological polar surface area (TPSA) is 85.4 Å². The Hall–Kier alpha value is -1.92. The van der Waals surface area contributed by atoms with Gasteiger partial charge in [-0.2, -0.15) is 0 Å². The number of aromatic nitrogens is 1. The van der Waals surface area contributed by atoms with Crippen molar-refractivity contribution < 1.29 is 23.4 Å². The Morgan fingerprint density at radius 2 is 2.31 bits per heavy atom. The fraction of sp³-hybridized carbons (Fsp3) is 0.333. The van der Waals surface area contributed by atoms with Crippen LogP contribution in [0.4, 0.5) is 14.5 Å². The molecule has 1 aromatic rings. The van der Waals surface area contributed by atoms with Crippen LogP contribution in [0, 0.1) is 0 Å². The number of nitrogen functional groups attached to an aromatic ring is 1. The number of methoxy groups -OCH3 is 1. The smallest absolute Gasteiger partial charge is 0.311 e. The van der Waals surface area contributed by atoms with Crippen LogP contribution < -0.4 is 5.73 Å². The van der Waals surface area contributed by atoms with Gasteiger partial charge in [-0.05, 0) is 6.07 Å². The standard InChI is InChI=1S/C9H10F2N2O3/c1-16-6(14)3-4-2-5(12)8(15)7(13-4)9(10)11/h2,9,15H,3H2,1H3,(H2,12,13). The monoisotopic (exact) mass is 232 g/mol. The summed E-state index contributed by atoms with van der Waals surface area (Å²) in [7, 11) is 1.17. The van der Waals surface area contributed by atoms with Crippen molar-refractivity contribution in [2.45, 2.75) is 12.8 Å². The average Bonchev–Trinajstić information content (AvgIpc) is 2.22. The van der Waals surface area contributed by atoms with E-state index in [-0.39, 0.29) is 17.8 Å². The summed E-state index contributed by atoms with van der Waals surface area (Å²) in [6, 6.07) is 1.15. The molecule has 7 heteroatoms. The molecule has 0 spiro atoms. The van der Waals surface area contributed by atoms with Crippen LogP contribution in [0.5, 0.6) is 5.75 Å². The van der Waals surface area contributed by atoms with Crippen molar-refractivity contribution in [3.63, 3.8) is 0 Å². The predicted molar refractivity (Wildman–Crippen MR) is 51.0 cm³/mol. The van der Waals surface area contributed by atoms with E-state index in [0.29, 0.717) is 0 Å². The number of esters is 1. The first-order chi connectivity index (χ1) is 7.45. The molecule has 1 aromatic heterocycles. The molecular weight excluding hydrogens is 222 g/mol. The number of anilines is 1. The molecule has 0 amide bonds. The van der Waals surface area contributed by atoms with Crippen molar-refractivity contribution in [1.82, 2.24) is 4.98 Å². The molecule has 0 radical (unpaired) electrons. The quantitative estimate of drug-likeness (QED) is 0.760. The molecule has 0 aliphatic heterocycles. The molecule has 0 bridgehead atoms. The maximum Gasteiger partial charge on any atom is 0.311 e. The third kappa shape index (κ3) is 2.56. The highest BCUT2D eigenvalue weighted by molar-refractivity contribution is 5.72. The SMILES string of the molecule is COC(=O)Cc1cc(N)c(O)c(C(F)F)n1. The molecule has 0 atom stereocenters. The molecule has 0 aliphatic rings. The molecule has 0 aliphatic carbocycles. The van der Waals surface area contributed by atoms with E-state index in [2.05, 4.69) is 9.72 Å². The lowest BCUT2D eigenvalue weighted by atomic mass is 10.2. The summed E-state index contributed by atoms with van der Waals surface area (Å²) in [5, 5.41) is 9.20. The number of hydrogen-bond acceptors (Lipinski definition) is 5. The molecular formula is C9H10F2N2O3. The van der Waals surface area contributed by atoms with Gasteiger partial charge in [0.1, 0.15) is 0 Å². The van der Waals surface area contributed by atoms with E-state index < -0.39 is 23.8 Å². The van der Waals surface area contributed by atoms with Gasteiger partial charge in [0, 0.05) is 0 Å². The molecule has 0 saturated heterocycles. The molecule has 0 saturated carbocycles. The zero-order valence-corrected chi connectivity index (χ0v) is 8.41. The lowest BCUT2D eigenvalue weighted by Gasteiger charge is -2.08. The minimum Gasteiger partial charge on any atom is -0.504 e. The summed E-state index contributed by atoms with van der Waals surface area (Å²) in [6.07, 6.45) is -3.24. The first-order valence-corrected chi connectivity index (χ1v) is 4.29. The van der Waals surface area contributed by atoms with Crippen molar-refractivity contribution in [3.05, 3.63) is 17.5 Å². The largest absolute Gasteiger partial charge is 0.504 e. The number of carbonyl (C=O) groups excluding carboxylic acids is 1. The molecule has 1 heterocycles. The van der Waals surface area contributed by atoms with Gasteiger partial charge in [-0.25, -0.2) is 13.8 Å². The van der Waals surface area contributed by atoms with Gasteiger partial charge in [0.2, 0.25) is 0 Å². The fourth-order valence-corrected chi connectivity index (χ4v) is 1.10. The van der Waals surface area contributed by atoms with E-state index >= 15 is 0 Å². The van der Waals surface area contributed by atoms with Crippen molar-refractivity contribution in [3.8, 4) is 5.75 Å². The normalized spacial score (nSPS) is 10.5. The Morgan fingerprint density at radius 1 is 1.69 bits per heavy atom. The Bertz CT molecular complexity index is 410. The Kier molecular flexibility index (Phi) is 3.60. The highest BCUT2D eigenvalue weighted by Gasteiger charge is 2.19. The maximum atomic E-state index is 12.4. The number of rotatable bonds is 3. The second-order valence-electron chi connectivity index (χ2n) is 2.99. The second-order valence-corrected chi connectivity index (χ2v) is 2.99. The van der Waals surface area contributed by atoms with E-state index in [4.69, 9.17) is 5.73 Å². The van der Waals surface area contributed by atoms with E-state index in [0.717, 1.165) is 6.07 Å². The van der Waals surface area contributed by atoms with E-state index in [9.17, 15) is 18.7 Å². The molecule has 1 rings (SSSR count). The van der Waals surface area contributed by atoms with Crippen molar-refractivity contribution in [2.24, 2.45) is 0 Å². The van der Waals surface area contributed by atoms with Gasteiger partial charge >= 0.3 is 5.97 Å². The number of nitrogens with zero attached hydrogens (tertiary/aromatic N) is 1. The van der Waals surface area contributed by atoms with Gasteiger partial charge in [0.05, 0.1) is 24.9 Å². The molecule has 5 nitrogen and oxygen atoms in total. The zero-order valence-electron chi connectivity index (χ0n) is 8.41. The summed E-state index contributed by atoms with van der Waals surface area (Å²) in [5.74, 6) is -1.39. The first-order valence-electron chi connectivity index (χ1n) is 4.29. The summed E-state index contributed by atoms with van der Waals surface area (Å²) in [5.41, 5.74) is 4.25. The number of alkyl halides is 2. The fourth-order valence-electron chi connectivity index (χ4n) is 1.10. The Labute approximate surface area is 89.9 Å². The number of halogens is 2. The molecule has 0 fully saturated rings. The van der Waals surface area contributed by atoms with E-state index in [1.165, 1.54) is 7.11 Å². The number of aromatic hydroxyl groups is 1. The van der Waals surface area contributed by atoms with Gasteiger partial charge in [-0.1, -0.05) is 0 Å². The highest BCUT2D eigenvalue weighted by Crippen LogP contribution is 2.31. The van der Waals surface area contributed by atoms with Crippen LogP contribution >= 0.6 is 0 Å². The summed E-state index contributed by atoms with van der Waals surface area (Å²) < 4.78 is 29.2. The Morgan fingerprint density at radius 3 is 2.81 bits per heavy atom. The minimum atomic E-state index is -2.96. The lowest BCUT2D eigenvalue weighted by molar-refractivity contribution is -0.139. The molecule has 16 heavy (non-hydrogen) atoms. The number of ether oxygens (including phenoxy) is 1. The minimum absolute atomic E-state index is 0.0254. The van der Waals surface area contributed by atoms with Gasteiger partial charge in [-0.15, -0.1) is 0 Å². The first kappa shape index (κ1) is 12.2. The maximum absolute atomic E-state index is 12.4. The summed E-state index contributed by atoms with van der Waals surface area (Å²) in [6.45, 7) is 0. The number of nitrogens with two attached hydrogens (primary N) is 1. The average molecular weight is 232 g/mol. The molecule has 0 aromatic carbocycles. The van der Waals surface area contributed by atoms with Crippen LogP contribution in [-0.2, 0) is 16.0 Å². The van der Waals surface area contributed by atoms with Crippen LogP contribution in [-0.4, -0.2) is 23.2 Å². The van der Waals surface area contributed by atoms with Crippen LogP contribution in [0.25, 0.3) is 0 Å². The van der Waals surface area contributed by atoms with Crippen LogP contribution in [0.1, 0.15) is 17.8 Å². The van der Waals surface area contributed by atoms with Crippen LogP contribution in [0.3, 0.4) is 0 Å². The van der Waals surface area contributed by atoms with Gasteiger partial charge < -0.3 is 15.6 Å². The summed E-state index contributed by atoms with van der Waals surface area (Å²) in [4.78, 5) is 14.3. The highest BCUT2D eigenvalue weighted by atomic mass is 19.3. The van der Waals surface area contributed by atoms with Crippen molar-refractivity contribution in [2.75, 3.05) is 12.8 Å². The van der Waals surface area contributed by atoms with Gasteiger partial charge in [0.15, 0.2) is 11.4 Å². The van der Waals surface area contributed by atoms with Crippen molar-refractivity contribution >= 4 is 11.7 Å². The Balaban J connectivity index is 3.09. The van der Waals surface area contributed by atoms with E-state index in [1.54, 1.807) is 0 Å². The van der Waals surface area contributed by atoms with Crippen molar-refractivity contribution in [1.29, 1.82) is 0 Å². The van der Waals surface area contributed by atoms with Gasteiger partial charge in [0.25, 0.3) is 6.43 Å². The van der Waals surface area contributed by atoms with E-state index in [1.807, 2.05) is 0 Å². The number of carbonyl (C=O) groups is 1. The summed E-state index contributed by atoms with van der Waals surface area (Å²) >= 11 is 0. The third-order valence-corrected chi connectivity index (χ3v) is 1.86. The second kappa shape index (κ2) is 4.73. The predicted octanol–water partition coefficient (Wildman–Crippen LogP) is 1.02. The molecule has 3 N–H and O–H groups in total. The third-order valence-electron chi connectivity index (χ3n) is 1.86. The zero-order chi connectivity index (χ0) is 12.3. The lowest BCUT2D eigenvalue weighted by Crippen LogP contribution is -2.08. The van der Waals surface area contributed by atoms with Gasteiger partial charge in [-0.3, -0.25) is 4.79 Å². The number of hydrogen-bond donors (Lipinski definition) is 2. The molecule has 0 unspecified atom stereocenters. The van der Waals surface area contributed by atoms with Crippen LogP contribution in [0.15, 0.2) is 6.07 Å².